The molecule has 128 valence electrons. The molecule has 0 fully saturated rings. The van der Waals surface area contributed by atoms with Crippen LogP contribution >= 0.6 is 0 Å². The minimum Gasteiger partial charge on any atom is -0.378 e. The molecule has 1 amide bonds. The van der Waals surface area contributed by atoms with E-state index in [9.17, 15) is 4.79 Å². The van der Waals surface area contributed by atoms with Gasteiger partial charge in [0.25, 0.3) is 0 Å². The summed E-state index contributed by atoms with van der Waals surface area (Å²) in [5, 5.41) is 0. The molecule has 4 heteroatoms. The summed E-state index contributed by atoms with van der Waals surface area (Å²) >= 11 is 0. The fraction of sp³-hybridized carbons (Fsp3) is 0.286. The second kappa shape index (κ2) is 5.96. The molecule has 2 aromatic rings. The smallest absolute Gasteiger partial charge is 0.241 e. The molecule has 4 rings (SSSR count). The summed E-state index contributed by atoms with van der Waals surface area (Å²) in [5.41, 5.74) is 11.8. The van der Waals surface area contributed by atoms with Gasteiger partial charge in [0, 0.05) is 43.5 Å². The first-order chi connectivity index (χ1) is 12.1. The third-order valence-electron chi connectivity index (χ3n) is 5.32. The van der Waals surface area contributed by atoms with Crippen molar-refractivity contribution in [3.05, 3.63) is 71.3 Å². The standard InChI is InChI=1S/C21H23N3O/c1-23(2)16-9-7-15(8-10-16)18-13-19-17-6-4-3-5-14(17)11-12-24(19)20(18)21(22)25/h3-10,13,18,20H,11-12H2,1-2H3,(H2,22,25). The Hall–Kier alpha value is -2.75. The Bertz CT molecular complexity index is 838. The van der Waals surface area contributed by atoms with Gasteiger partial charge in [0.05, 0.1) is 0 Å². The Morgan fingerprint density at radius 3 is 2.52 bits per heavy atom. The lowest BCUT2D eigenvalue weighted by molar-refractivity contribution is -0.122. The highest BCUT2D eigenvalue weighted by Crippen LogP contribution is 2.42. The average molecular weight is 333 g/mol. The van der Waals surface area contributed by atoms with Gasteiger partial charge in [-0.1, -0.05) is 42.5 Å². The van der Waals surface area contributed by atoms with Crippen molar-refractivity contribution in [2.45, 2.75) is 18.4 Å². The van der Waals surface area contributed by atoms with E-state index in [1.165, 1.54) is 11.1 Å². The zero-order valence-electron chi connectivity index (χ0n) is 14.6. The van der Waals surface area contributed by atoms with Crippen LogP contribution in [0.4, 0.5) is 5.69 Å². The number of anilines is 1. The van der Waals surface area contributed by atoms with Crippen LogP contribution in [0.1, 0.15) is 22.6 Å². The van der Waals surface area contributed by atoms with Gasteiger partial charge in [-0.2, -0.15) is 0 Å². The number of benzene rings is 2. The van der Waals surface area contributed by atoms with E-state index in [-0.39, 0.29) is 17.9 Å². The number of hydrogen-bond acceptors (Lipinski definition) is 3. The van der Waals surface area contributed by atoms with Gasteiger partial charge in [0.1, 0.15) is 6.04 Å². The second-order valence-corrected chi connectivity index (χ2v) is 7.01. The van der Waals surface area contributed by atoms with Gasteiger partial charge in [-0.25, -0.2) is 0 Å². The van der Waals surface area contributed by atoms with Gasteiger partial charge in [0.15, 0.2) is 0 Å². The van der Waals surface area contributed by atoms with Crippen molar-refractivity contribution in [1.82, 2.24) is 4.90 Å². The molecule has 0 spiro atoms. The molecular formula is C21H23N3O. The Balaban J connectivity index is 1.76. The quantitative estimate of drug-likeness (QED) is 0.939. The summed E-state index contributed by atoms with van der Waals surface area (Å²) in [5.74, 6) is -0.262. The van der Waals surface area contributed by atoms with Crippen molar-refractivity contribution >= 4 is 17.3 Å². The minimum absolute atomic E-state index is 0.00475. The molecule has 25 heavy (non-hydrogen) atoms. The van der Waals surface area contributed by atoms with Gasteiger partial charge >= 0.3 is 0 Å². The molecule has 0 bridgehead atoms. The van der Waals surface area contributed by atoms with Crippen LogP contribution in [0.25, 0.3) is 5.70 Å². The molecule has 0 saturated heterocycles. The summed E-state index contributed by atoms with van der Waals surface area (Å²) < 4.78 is 0. The van der Waals surface area contributed by atoms with Crippen molar-refractivity contribution in [3.8, 4) is 0 Å². The van der Waals surface area contributed by atoms with Gasteiger partial charge in [0.2, 0.25) is 5.91 Å². The van der Waals surface area contributed by atoms with Crippen LogP contribution < -0.4 is 10.6 Å². The number of carbonyl (C=O) groups excluding carboxylic acids is 1. The van der Waals surface area contributed by atoms with Crippen molar-refractivity contribution in [1.29, 1.82) is 0 Å². The molecule has 0 aromatic heterocycles. The van der Waals surface area contributed by atoms with E-state index in [4.69, 9.17) is 5.73 Å². The van der Waals surface area contributed by atoms with Crippen LogP contribution in [-0.2, 0) is 11.2 Å². The lowest BCUT2D eigenvalue weighted by Gasteiger charge is -2.34. The zero-order chi connectivity index (χ0) is 17.6. The maximum absolute atomic E-state index is 12.3. The molecule has 0 radical (unpaired) electrons. The van der Waals surface area contributed by atoms with E-state index < -0.39 is 0 Å². The first-order valence-electron chi connectivity index (χ1n) is 8.69. The minimum atomic E-state index is -0.312. The van der Waals surface area contributed by atoms with Crippen LogP contribution in [-0.4, -0.2) is 37.5 Å². The SMILES string of the molecule is CN(C)c1ccc(C2C=C3c4ccccc4CCN3C2C(N)=O)cc1. The summed E-state index contributed by atoms with van der Waals surface area (Å²) in [4.78, 5) is 16.5. The normalized spacial score (nSPS) is 21.4. The van der Waals surface area contributed by atoms with Gasteiger partial charge < -0.3 is 15.5 Å². The molecule has 0 aliphatic carbocycles. The summed E-state index contributed by atoms with van der Waals surface area (Å²) in [6.07, 6.45) is 3.17. The molecule has 0 saturated carbocycles. The molecule has 2 aliphatic heterocycles. The van der Waals surface area contributed by atoms with Gasteiger partial charge in [-0.05, 0) is 29.7 Å². The van der Waals surface area contributed by atoms with Crippen molar-refractivity contribution < 1.29 is 4.79 Å². The highest BCUT2D eigenvalue weighted by molar-refractivity contribution is 5.87. The Kier molecular flexibility index (Phi) is 3.75. The van der Waals surface area contributed by atoms with E-state index in [1.807, 2.05) is 14.1 Å². The van der Waals surface area contributed by atoms with E-state index in [0.29, 0.717) is 0 Å². The number of carbonyl (C=O) groups is 1. The van der Waals surface area contributed by atoms with Crippen molar-refractivity contribution in [2.75, 3.05) is 25.5 Å². The van der Waals surface area contributed by atoms with Crippen LogP contribution in [0.3, 0.4) is 0 Å². The number of hydrogen-bond donors (Lipinski definition) is 1. The molecule has 2 aliphatic rings. The topological polar surface area (TPSA) is 49.6 Å². The van der Waals surface area contributed by atoms with Crippen molar-refractivity contribution in [3.63, 3.8) is 0 Å². The number of nitrogens with zero attached hydrogens (tertiary/aromatic N) is 2. The third-order valence-corrected chi connectivity index (χ3v) is 5.32. The molecule has 2 N–H and O–H groups in total. The maximum atomic E-state index is 12.3. The van der Waals surface area contributed by atoms with Crippen LogP contribution in [0.2, 0.25) is 0 Å². The summed E-state index contributed by atoms with van der Waals surface area (Å²) in [7, 11) is 4.05. The van der Waals surface area contributed by atoms with Crippen LogP contribution in [0.5, 0.6) is 0 Å². The highest BCUT2D eigenvalue weighted by Gasteiger charge is 2.41. The first kappa shape index (κ1) is 15.8. The van der Waals surface area contributed by atoms with Crippen LogP contribution in [0, 0.1) is 0 Å². The summed E-state index contributed by atoms with van der Waals surface area (Å²) in [6.45, 7) is 0.836. The fourth-order valence-electron chi connectivity index (χ4n) is 4.04. The van der Waals surface area contributed by atoms with E-state index in [0.717, 1.165) is 29.9 Å². The first-order valence-corrected chi connectivity index (χ1v) is 8.69. The van der Waals surface area contributed by atoms with Crippen molar-refractivity contribution in [2.24, 2.45) is 5.73 Å². The Morgan fingerprint density at radius 1 is 1.12 bits per heavy atom. The van der Waals surface area contributed by atoms with E-state index in [2.05, 4.69) is 64.4 Å². The largest absolute Gasteiger partial charge is 0.378 e. The molecular weight excluding hydrogens is 310 g/mol. The average Bonchev–Trinajstić information content (AvgIpc) is 3.02. The highest BCUT2D eigenvalue weighted by atomic mass is 16.1. The molecule has 2 heterocycles. The number of primary amides is 1. The lowest BCUT2D eigenvalue weighted by Crippen LogP contribution is -2.45. The number of fused-ring (bicyclic) bond motifs is 3. The van der Waals surface area contributed by atoms with Gasteiger partial charge in [-0.3, -0.25) is 4.79 Å². The zero-order valence-corrected chi connectivity index (χ0v) is 14.6. The fourth-order valence-corrected chi connectivity index (χ4v) is 4.04. The predicted molar refractivity (Wildman–Crippen MR) is 101 cm³/mol. The summed E-state index contributed by atoms with van der Waals surface area (Å²) in [6, 6.07) is 16.5. The molecule has 4 nitrogen and oxygen atoms in total. The maximum Gasteiger partial charge on any atom is 0.241 e. The lowest BCUT2D eigenvalue weighted by atomic mass is 9.92. The van der Waals surface area contributed by atoms with E-state index >= 15 is 0 Å². The number of amides is 1. The molecule has 2 unspecified atom stereocenters. The van der Waals surface area contributed by atoms with Gasteiger partial charge in [-0.15, -0.1) is 0 Å². The van der Waals surface area contributed by atoms with E-state index in [1.54, 1.807) is 0 Å². The monoisotopic (exact) mass is 333 g/mol. The predicted octanol–water partition coefficient (Wildman–Crippen LogP) is 2.60. The number of nitrogens with two attached hydrogens (primary N) is 1. The van der Waals surface area contributed by atoms with Crippen LogP contribution in [0.15, 0.2) is 54.6 Å². The third kappa shape index (κ3) is 2.58. The Labute approximate surface area is 148 Å². The molecule has 2 atom stereocenters. The number of rotatable bonds is 3. The molecule has 2 aromatic carbocycles. The Morgan fingerprint density at radius 2 is 1.84 bits per heavy atom. The second-order valence-electron chi connectivity index (χ2n) is 7.01.